The van der Waals surface area contributed by atoms with E-state index in [9.17, 15) is 0 Å². The Morgan fingerprint density at radius 1 is 1.33 bits per heavy atom. The zero-order valence-electron chi connectivity index (χ0n) is 7.22. The Hall–Kier alpha value is 0.0500. The van der Waals surface area contributed by atoms with Crippen LogP contribution >= 0.6 is 27.7 Å². The summed E-state index contributed by atoms with van der Waals surface area (Å²) in [5.41, 5.74) is 0. The van der Waals surface area contributed by atoms with E-state index in [0.29, 0.717) is 0 Å². The van der Waals surface area contributed by atoms with Gasteiger partial charge in [0.05, 0.1) is 0 Å². The average Bonchev–Trinajstić information content (AvgIpc) is 2.09. The molecule has 0 bridgehead atoms. The predicted octanol–water partition coefficient (Wildman–Crippen LogP) is 4.34. The van der Waals surface area contributed by atoms with Gasteiger partial charge in [-0.2, -0.15) is 0 Å². The van der Waals surface area contributed by atoms with Crippen molar-refractivity contribution in [3.8, 4) is 0 Å². The van der Waals surface area contributed by atoms with Crippen LogP contribution in [0.3, 0.4) is 0 Å². The standard InChI is InChI=1S/C10H13BrS/c1-2-3-8-12-10-7-5-4-6-9(10)11/h4-7H,2-3,8H2,1H3. The highest BCUT2D eigenvalue weighted by atomic mass is 79.9. The van der Waals surface area contributed by atoms with Crippen molar-refractivity contribution < 1.29 is 0 Å². The molecule has 0 radical (unpaired) electrons. The summed E-state index contributed by atoms with van der Waals surface area (Å²) in [5.74, 6) is 1.22. The van der Waals surface area contributed by atoms with E-state index in [1.165, 1.54) is 28.0 Å². The smallest absolute Gasteiger partial charge is 0.0311 e. The second kappa shape index (κ2) is 5.65. The van der Waals surface area contributed by atoms with Crippen LogP contribution in [0.1, 0.15) is 19.8 Å². The summed E-state index contributed by atoms with van der Waals surface area (Å²) in [5, 5.41) is 0. The zero-order valence-corrected chi connectivity index (χ0v) is 9.62. The molecule has 2 heteroatoms. The van der Waals surface area contributed by atoms with Crippen LogP contribution in [0.2, 0.25) is 0 Å². The number of hydrogen-bond donors (Lipinski definition) is 0. The third kappa shape index (κ3) is 3.20. The normalized spacial score (nSPS) is 10.2. The topological polar surface area (TPSA) is 0 Å². The molecule has 0 unspecified atom stereocenters. The first-order chi connectivity index (χ1) is 5.84. The van der Waals surface area contributed by atoms with Crippen molar-refractivity contribution in [2.45, 2.75) is 24.7 Å². The van der Waals surface area contributed by atoms with E-state index < -0.39 is 0 Å². The van der Waals surface area contributed by atoms with Gasteiger partial charge in [-0.25, -0.2) is 0 Å². The van der Waals surface area contributed by atoms with Crippen LogP contribution in [0.4, 0.5) is 0 Å². The highest BCUT2D eigenvalue weighted by Crippen LogP contribution is 2.27. The molecule has 0 heterocycles. The first-order valence-corrected chi connectivity index (χ1v) is 5.99. The summed E-state index contributed by atoms with van der Waals surface area (Å²) >= 11 is 5.45. The van der Waals surface area contributed by atoms with E-state index in [-0.39, 0.29) is 0 Å². The van der Waals surface area contributed by atoms with E-state index in [1.807, 2.05) is 17.8 Å². The molecule has 66 valence electrons. The fourth-order valence-corrected chi connectivity index (χ4v) is 2.55. The molecule has 0 nitrogen and oxygen atoms in total. The van der Waals surface area contributed by atoms with Crippen molar-refractivity contribution in [2.24, 2.45) is 0 Å². The minimum Gasteiger partial charge on any atom is -0.125 e. The monoisotopic (exact) mass is 244 g/mol. The number of rotatable bonds is 4. The van der Waals surface area contributed by atoms with E-state index in [0.717, 1.165) is 0 Å². The summed E-state index contributed by atoms with van der Waals surface area (Å²) in [7, 11) is 0. The van der Waals surface area contributed by atoms with Crippen LogP contribution in [0.5, 0.6) is 0 Å². The highest BCUT2D eigenvalue weighted by Gasteiger charge is 1.97. The maximum atomic E-state index is 3.53. The third-order valence-electron chi connectivity index (χ3n) is 1.59. The Morgan fingerprint density at radius 3 is 2.75 bits per heavy atom. The summed E-state index contributed by atoms with van der Waals surface area (Å²) in [6.45, 7) is 2.22. The number of hydrogen-bond acceptors (Lipinski definition) is 1. The van der Waals surface area contributed by atoms with Gasteiger partial charge in [-0.15, -0.1) is 11.8 Å². The van der Waals surface area contributed by atoms with E-state index in [1.54, 1.807) is 0 Å². The molecule has 1 aromatic carbocycles. The fraction of sp³-hybridized carbons (Fsp3) is 0.400. The molecule has 0 N–H and O–H groups in total. The zero-order chi connectivity index (χ0) is 8.81. The van der Waals surface area contributed by atoms with E-state index in [2.05, 4.69) is 41.1 Å². The van der Waals surface area contributed by atoms with E-state index >= 15 is 0 Å². The summed E-state index contributed by atoms with van der Waals surface area (Å²) in [6.07, 6.45) is 2.57. The van der Waals surface area contributed by atoms with Crippen LogP contribution < -0.4 is 0 Å². The van der Waals surface area contributed by atoms with Crippen molar-refractivity contribution >= 4 is 27.7 Å². The molecular formula is C10H13BrS. The van der Waals surface area contributed by atoms with Gasteiger partial charge in [-0.05, 0) is 40.2 Å². The van der Waals surface area contributed by atoms with Crippen LogP contribution in [0.25, 0.3) is 0 Å². The molecule has 1 aromatic rings. The second-order valence-electron chi connectivity index (χ2n) is 2.63. The molecule has 0 amide bonds. The number of halogens is 1. The number of unbranched alkanes of at least 4 members (excludes halogenated alkanes) is 1. The van der Waals surface area contributed by atoms with Crippen LogP contribution in [-0.2, 0) is 0 Å². The van der Waals surface area contributed by atoms with Crippen LogP contribution in [0, 0.1) is 0 Å². The lowest BCUT2D eigenvalue weighted by Crippen LogP contribution is -1.79. The lowest BCUT2D eigenvalue weighted by Gasteiger charge is -2.01. The Labute approximate surface area is 86.9 Å². The average molecular weight is 245 g/mol. The lowest BCUT2D eigenvalue weighted by molar-refractivity contribution is 0.896. The minimum absolute atomic E-state index is 1.21. The van der Waals surface area contributed by atoms with Crippen LogP contribution in [-0.4, -0.2) is 5.75 Å². The lowest BCUT2D eigenvalue weighted by atomic mass is 10.4. The minimum atomic E-state index is 1.21. The van der Waals surface area contributed by atoms with Gasteiger partial charge in [-0.3, -0.25) is 0 Å². The molecule has 0 aliphatic heterocycles. The molecule has 0 aliphatic rings. The first kappa shape index (κ1) is 10.1. The Balaban J connectivity index is 2.46. The quantitative estimate of drug-likeness (QED) is 0.561. The number of thioether (sulfide) groups is 1. The summed E-state index contributed by atoms with van der Waals surface area (Å²) in [6, 6.07) is 8.38. The van der Waals surface area contributed by atoms with Gasteiger partial charge >= 0.3 is 0 Å². The molecule has 0 saturated heterocycles. The summed E-state index contributed by atoms with van der Waals surface area (Å²) in [4.78, 5) is 1.35. The van der Waals surface area contributed by atoms with Crippen molar-refractivity contribution in [3.05, 3.63) is 28.7 Å². The van der Waals surface area contributed by atoms with Crippen molar-refractivity contribution in [3.63, 3.8) is 0 Å². The van der Waals surface area contributed by atoms with Crippen molar-refractivity contribution in [2.75, 3.05) is 5.75 Å². The van der Waals surface area contributed by atoms with Gasteiger partial charge in [-0.1, -0.05) is 25.5 Å². The fourth-order valence-electron chi connectivity index (χ4n) is 0.888. The Bertz CT molecular complexity index is 235. The molecule has 0 aliphatic carbocycles. The third-order valence-corrected chi connectivity index (χ3v) is 3.71. The van der Waals surface area contributed by atoms with Gasteiger partial charge in [0.1, 0.15) is 0 Å². The molecule has 0 saturated carbocycles. The maximum absolute atomic E-state index is 3.53. The largest absolute Gasteiger partial charge is 0.125 e. The first-order valence-electron chi connectivity index (χ1n) is 4.22. The van der Waals surface area contributed by atoms with Crippen LogP contribution in [0.15, 0.2) is 33.6 Å². The van der Waals surface area contributed by atoms with Crippen molar-refractivity contribution in [1.82, 2.24) is 0 Å². The van der Waals surface area contributed by atoms with Crippen molar-refractivity contribution in [1.29, 1.82) is 0 Å². The Kier molecular flexibility index (Phi) is 4.77. The molecular weight excluding hydrogens is 232 g/mol. The molecule has 0 spiro atoms. The van der Waals surface area contributed by atoms with Gasteiger partial charge in [0, 0.05) is 9.37 Å². The Morgan fingerprint density at radius 2 is 2.08 bits per heavy atom. The molecule has 0 aromatic heterocycles. The predicted molar refractivity (Wildman–Crippen MR) is 59.8 cm³/mol. The second-order valence-corrected chi connectivity index (χ2v) is 4.62. The summed E-state index contributed by atoms with van der Waals surface area (Å²) < 4.78 is 1.21. The van der Waals surface area contributed by atoms with Gasteiger partial charge in [0.2, 0.25) is 0 Å². The van der Waals surface area contributed by atoms with E-state index in [4.69, 9.17) is 0 Å². The molecule has 12 heavy (non-hydrogen) atoms. The SMILES string of the molecule is CCCCSc1ccccc1Br. The highest BCUT2D eigenvalue weighted by molar-refractivity contribution is 9.10. The molecule has 0 atom stereocenters. The molecule has 0 fully saturated rings. The number of benzene rings is 1. The van der Waals surface area contributed by atoms with Gasteiger partial charge < -0.3 is 0 Å². The van der Waals surface area contributed by atoms with Gasteiger partial charge in [0.15, 0.2) is 0 Å². The maximum Gasteiger partial charge on any atom is 0.0311 e. The van der Waals surface area contributed by atoms with Gasteiger partial charge in [0.25, 0.3) is 0 Å². The molecule has 1 rings (SSSR count).